The summed E-state index contributed by atoms with van der Waals surface area (Å²) in [5.41, 5.74) is 1.20. The summed E-state index contributed by atoms with van der Waals surface area (Å²) in [6.07, 6.45) is 2.65. The van der Waals surface area contributed by atoms with Crippen molar-refractivity contribution in [2.75, 3.05) is 44.9 Å². The molecule has 128 valence electrons. The second kappa shape index (κ2) is 8.88. The minimum Gasteiger partial charge on any atom is -0.497 e. The lowest BCUT2D eigenvalue weighted by molar-refractivity contribution is 0.102. The van der Waals surface area contributed by atoms with Crippen molar-refractivity contribution in [2.45, 2.75) is 6.42 Å². The van der Waals surface area contributed by atoms with Gasteiger partial charge in [0.1, 0.15) is 11.6 Å². The molecule has 0 aliphatic carbocycles. The molecule has 1 amide bonds. The van der Waals surface area contributed by atoms with Gasteiger partial charge in [-0.25, -0.2) is 4.98 Å². The van der Waals surface area contributed by atoms with Crippen LogP contribution in [0.3, 0.4) is 0 Å². The first-order valence-electron chi connectivity index (χ1n) is 7.89. The highest BCUT2D eigenvalue weighted by Crippen LogP contribution is 2.19. The lowest BCUT2D eigenvalue weighted by Gasteiger charge is -2.13. The van der Waals surface area contributed by atoms with E-state index in [1.165, 1.54) is 0 Å². The highest BCUT2D eigenvalue weighted by atomic mass is 16.5. The van der Waals surface area contributed by atoms with Gasteiger partial charge >= 0.3 is 0 Å². The van der Waals surface area contributed by atoms with Crippen LogP contribution in [0.2, 0.25) is 0 Å². The van der Waals surface area contributed by atoms with Crippen LogP contribution < -0.4 is 15.4 Å². The lowest BCUT2D eigenvalue weighted by Crippen LogP contribution is -2.19. The third kappa shape index (κ3) is 5.24. The number of hydrogen-bond donors (Lipinski definition) is 2. The van der Waals surface area contributed by atoms with Gasteiger partial charge in [-0.05, 0) is 51.3 Å². The topological polar surface area (TPSA) is 66.5 Å². The van der Waals surface area contributed by atoms with Crippen LogP contribution in [0.5, 0.6) is 5.75 Å². The van der Waals surface area contributed by atoms with Crippen molar-refractivity contribution in [3.63, 3.8) is 0 Å². The van der Waals surface area contributed by atoms with E-state index in [9.17, 15) is 4.79 Å². The molecule has 0 fully saturated rings. The number of amides is 1. The Morgan fingerprint density at radius 1 is 1.25 bits per heavy atom. The zero-order valence-corrected chi connectivity index (χ0v) is 14.4. The Morgan fingerprint density at radius 3 is 2.83 bits per heavy atom. The predicted molar refractivity (Wildman–Crippen MR) is 96.8 cm³/mol. The van der Waals surface area contributed by atoms with Crippen molar-refractivity contribution >= 4 is 17.4 Å². The maximum absolute atomic E-state index is 12.5. The number of methoxy groups -OCH3 is 1. The van der Waals surface area contributed by atoms with E-state index >= 15 is 0 Å². The molecule has 0 aliphatic rings. The van der Waals surface area contributed by atoms with Crippen molar-refractivity contribution in [1.82, 2.24) is 9.88 Å². The standard InChI is InChI=1S/C18H24N4O2/c1-22(2)12-6-11-20-17-16(9-5-10-19-17)18(23)21-14-7-4-8-15(13-14)24-3/h4-5,7-10,13H,6,11-12H2,1-3H3,(H,19,20)(H,21,23). The van der Waals surface area contributed by atoms with Gasteiger partial charge in [-0.15, -0.1) is 0 Å². The number of anilines is 2. The molecule has 0 saturated carbocycles. The van der Waals surface area contributed by atoms with Crippen LogP contribution in [0.4, 0.5) is 11.5 Å². The first-order chi connectivity index (χ1) is 11.6. The third-order valence-corrected chi connectivity index (χ3v) is 3.45. The Labute approximate surface area is 142 Å². The fourth-order valence-corrected chi connectivity index (χ4v) is 2.23. The minimum absolute atomic E-state index is 0.202. The van der Waals surface area contributed by atoms with E-state index < -0.39 is 0 Å². The Balaban J connectivity index is 2.03. The number of rotatable bonds is 8. The zero-order valence-electron chi connectivity index (χ0n) is 14.4. The second-order valence-corrected chi connectivity index (χ2v) is 5.67. The molecule has 1 heterocycles. The smallest absolute Gasteiger partial charge is 0.259 e. The van der Waals surface area contributed by atoms with Gasteiger partial charge in [0.25, 0.3) is 5.91 Å². The number of nitrogens with one attached hydrogen (secondary N) is 2. The van der Waals surface area contributed by atoms with Crippen LogP contribution in [0.15, 0.2) is 42.6 Å². The van der Waals surface area contributed by atoms with Crippen LogP contribution in [0, 0.1) is 0 Å². The monoisotopic (exact) mass is 328 g/mol. The summed E-state index contributed by atoms with van der Waals surface area (Å²) in [4.78, 5) is 18.9. The largest absolute Gasteiger partial charge is 0.497 e. The number of carbonyl (C=O) groups is 1. The van der Waals surface area contributed by atoms with Gasteiger partial charge in [0.15, 0.2) is 0 Å². The molecule has 0 saturated heterocycles. The van der Waals surface area contributed by atoms with Gasteiger partial charge in [-0.3, -0.25) is 4.79 Å². The lowest BCUT2D eigenvalue weighted by atomic mass is 10.2. The van der Waals surface area contributed by atoms with Gasteiger partial charge in [0, 0.05) is 24.5 Å². The SMILES string of the molecule is COc1cccc(NC(=O)c2cccnc2NCCCN(C)C)c1. The van der Waals surface area contributed by atoms with Gasteiger partial charge in [0.2, 0.25) is 0 Å². The zero-order chi connectivity index (χ0) is 17.4. The van der Waals surface area contributed by atoms with E-state index in [2.05, 4.69) is 20.5 Å². The minimum atomic E-state index is -0.202. The molecule has 6 heteroatoms. The van der Waals surface area contributed by atoms with Crippen molar-refractivity contribution in [2.24, 2.45) is 0 Å². The predicted octanol–water partition coefficient (Wildman–Crippen LogP) is 2.71. The van der Waals surface area contributed by atoms with Crippen LogP contribution >= 0.6 is 0 Å². The molecule has 0 bridgehead atoms. The summed E-state index contributed by atoms with van der Waals surface area (Å²) in [5.74, 6) is 1.09. The molecule has 6 nitrogen and oxygen atoms in total. The molecule has 0 unspecified atom stereocenters. The maximum Gasteiger partial charge on any atom is 0.259 e. The maximum atomic E-state index is 12.5. The molecule has 0 spiro atoms. The molecule has 0 atom stereocenters. The molecular weight excluding hydrogens is 304 g/mol. The van der Waals surface area contributed by atoms with Crippen molar-refractivity contribution in [3.05, 3.63) is 48.2 Å². The first-order valence-corrected chi connectivity index (χ1v) is 7.89. The average molecular weight is 328 g/mol. The molecule has 0 aliphatic heterocycles. The fraction of sp³-hybridized carbons (Fsp3) is 0.333. The van der Waals surface area contributed by atoms with Crippen LogP contribution in [-0.4, -0.2) is 50.1 Å². The van der Waals surface area contributed by atoms with E-state index in [1.807, 2.05) is 32.3 Å². The van der Waals surface area contributed by atoms with Gasteiger partial charge in [-0.2, -0.15) is 0 Å². The van der Waals surface area contributed by atoms with Crippen molar-refractivity contribution < 1.29 is 9.53 Å². The Kier molecular flexibility index (Phi) is 6.57. The number of hydrogen-bond acceptors (Lipinski definition) is 5. The van der Waals surface area contributed by atoms with Crippen molar-refractivity contribution in [3.8, 4) is 5.75 Å². The third-order valence-electron chi connectivity index (χ3n) is 3.45. The van der Waals surface area contributed by atoms with Crippen LogP contribution in [0.1, 0.15) is 16.8 Å². The Morgan fingerprint density at radius 2 is 2.08 bits per heavy atom. The summed E-state index contributed by atoms with van der Waals surface area (Å²) >= 11 is 0. The van der Waals surface area contributed by atoms with E-state index in [1.54, 1.807) is 31.5 Å². The van der Waals surface area contributed by atoms with Gasteiger partial charge in [-0.1, -0.05) is 6.07 Å². The normalized spacial score (nSPS) is 10.5. The highest BCUT2D eigenvalue weighted by molar-refractivity contribution is 6.07. The van der Waals surface area contributed by atoms with Crippen LogP contribution in [-0.2, 0) is 0 Å². The molecule has 1 aromatic carbocycles. The Bertz CT molecular complexity index is 674. The van der Waals surface area contributed by atoms with Gasteiger partial charge in [0.05, 0.1) is 12.7 Å². The number of nitrogens with zero attached hydrogens (tertiary/aromatic N) is 2. The van der Waals surface area contributed by atoms with E-state index in [0.29, 0.717) is 22.8 Å². The van der Waals surface area contributed by atoms with Crippen molar-refractivity contribution in [1.29, 1.82) is 0 Å². The number of benzene rings is 1. The first kappa shape index (κ1) is 17.7. The summed E-state index contributed by atoms with van der Waals surface area (Å²) in [7, 11) is 5.67. The number of ether oxygens (including phenoxy) is 1. The summed E-state index contributed by atoms with van der Waals surface area (Å²) in [6, 6.07) is 10.8. The molecule has 2 N–H and O–H groups in total. The quantitative estimate of drug-likeness (QED) is 0.729. The van der Waals surface area contributed by atoms with E-state index in [4.69, 9.17) is 4.74 Å². The number of pyridine rings is 1. The van der Waals surface area contributed by atoms with E-state index in [0.717, 1.165) is 19.5 Å². The molecule has 24 heavy (non-hydrogen) atoms. The van der Waals surface area contributed by atoms with Gasteiger partial charge < -0.3 is 20.3 Å². The van der Waals surface area contributed by atoms with E-state index in [-0.39, 0.29) is 5.91 Å². The second-order valence-electron chi connectivity index (χ2n) is 5.67. The summed E-state index contributed by atoms with van der Waals surface area (Å²) < 4.78 is 5.17. The number of carbonyl (C=O) groups excluding carboxylic acids is 1. The van der Waals surface area contributed by atoms with Crippen LogP contribution in [0.25, 0.3) is 0 Å². The number of aromatic nitrogens is 1. The summed E-state index contributed by atoms with van der Waals surface area (Å²) in [5, 5.41) is 6.11. The fourth-order valence-electron chi connectivity index (χ4n) is 2.23. The molecular formula is C18H24N4O2. The summed E-state index contributed by atoms with van der Waals surface area (Å²) in [6.45, 7) is 1.74. The Hall–Kier alpha value is -2.60. The molecule has 2 rings (SSSR count). The highest BCUT2D eigenvalue weighted by Gasteiger charge is 2.12. The average Bonchev–Trinajstić information content (AvgIpc) is 2.59. The molecule has 0 radical (unpaired) electrons. The molecule has 2 aromatic rings. The molecule has 1 aromatic heterocycles.